The van der Waals surface area contributed by atoms with E-state index in [1.807, 2.05) is 0 Å². The number of hydrogen-bond donors (Lipinski definition) is 3. The maximum absolute atomic E-state index is 10.3. The third-order valence-corrected chi connectivity index (χ3v) is 1.06. The van der Waals surface area contributed by atoms with Crippen molar-refractivity contribution in [3.8, 4) is 0 Å². The van der Waals surface area contributed by atoms with Crippen LogP contribution in [0, 0.1) is 0 Å². The minimum Gasteiger partial charge on any atom is -0.481 e. The Morgan fingerprint density at radius 1 is 1.55 bits per heavy atom. The first-order valence-electron chi connectivity index (χ1n) is 2.90. The van der Waals surface area contributed by atoms with E-state index in [4.69, 9.17) is 16.1 Å². The summed E-state index contributed by atoms with van der Waals surface area (Å²) in [5, 5.41) is 15.9. The van der Waals surface area contributed by atoms with Crippen molar-refractivity contribution in [2.24, 2.45) is 5.73 Å². The van der Waals surface area contributed by atoms with Crippen molar-refractivity contribution >= 4 is 11.9 Å². The Morgan fingerprint density at radius 3 is 2.45 bits per heavy atom. The average Bonchev–Trinajstić information content (AvgIpc) is 1.98. The summed E-state index contributed by atoms with van der Waals surface area (Å²) in [7, 11) is 0. The van der Waals surface area contributed by atoms with Crippen molar-refractivity contribution in [1.29, 1.82) is 0 Å². The Balaban J connectivity index is 3.60. The lowest BCUT2D eigenvalue weighted by atomic mass is 10.2. The van der Waals surface area contributed by atoms with Crippen molar-refractivity contribution in [1.82, 2.24) is 0 Å². The molecule has 6 nitrogen and oxygen atoms in total. The van der Waals surface area contributed by atoms with Crippen LogP contribution in [0.15, 0.2) is 0 Å². The molecule has 6 heteroatoms. The van der Waals surface area contributed by atoms with Gasteiger partial charge in [0.25, 0.3) is 0 Å². The van der Waals surface area contributed by atoms with Gasteiger partial charge in [0.1, 0.15) is 6.04 Å². The van der Waals surface area contributed by atoms with E-state index in [0.29, 0.717) is 0 Å². The van der Waals surface area contributed by atoms with Gasteiger partial charge in [0.2, 0.25) is 0 Å². The predicted molar refractivity (Wildman–Crippen MR) is 33.6 cm³/mol. The van der Waals surface area contributed by atoms with Gasteiger partial charge in [-0.15, -0.1) is 0 Å². The van der Waals surface area contributed by atoms with Crippen LogP contribution in [0.1, 0.15) is 12.8 Å². The summed E-state index contributed by atoms with van der Waals surface area (Å²) >= 11 is 0. The number of carbonyl (C=O) groups excluding carboxylic acids is 1. The molecule has 0 aromatic rings. The molecule has 0 aliphatic heterocycles. The van der Waals surface area contributed by atoms with Crippen LogP contribution >= 0.6 is 0 Å². The van der Waals surface area contributed by atoms with Crippen LogP contribution in [0.3, 0.4) is 0 Å². The van der Waals surface area contributed by atoms with Crippen LogP contribution in [0.4, 0.5) is 0 Å². The summed E-state index contributed by atoms with van der Waals surface area (Å²) in [5.41, 5.74) is 5.08. The fourth-order valence-corrected chi connectivity index (χ4v) is 0.465. The molecule has 0 aliphatic carbocycles. The lowest BCUT2D eigenvalue weighted by Gasteiger charge is -2.03. The van der Waals surface area contributed by atoms with Crippen LogP contribution in [0.5, 0.6) is 0 Å². The number of carboxylic acids is 1. The first-order valence-corrected chi connectivity index (χ1v) is 2.90. The third-order valence-electron chi connectivity index (χ3n) is 1.06. The van der Waals surface area contributed by atoms with Gasteiger partial charge in [0, 0.05) is 6.42 Å². The van der Waals surface area contributed by atoms with Crippen molar-refractivity contribution in [3.05, 3.63) is 0 Å². The molecule has 0 fully saturated rings. The minimum absolute atomic E-state index is 0.0469. The van der Waals surface area contributed by atoms with Gasteiger partial charge in [-0.3, -0.25) is 9.68 Å². The lowest BCUT2D eigenvalue weighted by Crippen LogP contribution is -2.32. The molecule has 0 aromatic heterocycles. The second-order valence-corrected chi connectivity index (χ2v) is 1.95. The molecule has 1 atom stereocenters. The Hall–Kier alpha value is -1.14. The Bertz CT molecular complexity index is 157. The van der Waals surface area contributed by atoms with E-state index in [1.165, 1.54) is 0 Å². The fourth-order valence-electron chi connectivity index (χ4n) is 0.465. The monoisotopic (exact) mass is 163 g/mol. The van der Waals surface area contributed by atoms with E-state index in [-0.39, 0.29) is 12.8 Å². The molecular formula is C5H9NO5. The van der Waals surface area contributed by atoms with Gasteiger partial charge in [0.15, 0.2) is 0 Å². The highest BCUT2D eigenvalue weighted by atomic mass is 17.1. The highest BCUT2D eigenvalue weighted by Crippen LogP contribution is 1.95. The van der Waals surface area contributed by atoms with E-state index in [0.717, 1.165) is 0 Å². The second kappa shape index (κ2) is 4.64. The molecule has 0 heterocycles. The lowest BCUT2D eigenvalue weighted by molar-refractivity contribution is -0.235. The Morgan fingerprint density at radius 2 is 2.09 bits per heavy atom. The first-order chi connectivity index (χ1) is 5.07. The molecule has 64 valence electrons. The van der Waals surface area contributed by atoms with E-state index in [1.54, 1.807) is 0 Å². The van der Waals surface area contributed by atoms with Crippen LogP contribution in [-0.2, 0) is 14.5 Å². The van der Waals surface area contributed by atoms with Gasteiger partial charge >= 0.3 is 11.9 Å². The molecule has 0 bridgehead atoms. The Labute approximate surface area is 62.5 Å². The first kappa shape index (κ1) is 9.86. The smallest absolute Gasteiger partial charge is 0.358 e. The van der Waals surface area contributed by atoms with Crippen molar-refractivity contribution in [2.45, 2.75) is 18.9 Å². The zero-order chi connectivity index (χ0) is 8.85. The molecule has 0 aromatic carbocycles. The number of rotatable bonds is 4. The molecule has 0 aliphatic rings. The number of carbonyl (C=O) groups is 2. The largest absolute Gasteiger partial charge is 0.481 e. The summed E-state index contributed by atoms with van der Waals surface area (Å²) < 4.78 is 0. The molecule has 0 radical (unpaired) electrons. The van der Waals surface area contributed by atoms with Gasteiger partial charge in [-0.25, -0.2) is 4.79 Å². The maximum atomic E-state index is 10.3. The second-order valence-electron chi connectivity index (χ2n) is 1.95. The SMILES string of the molecule is N[C@H](CCC(=O)O)C(=O)OO. The van der Waals surface area contributed by atoms with E-state index < -0.39 is 18.0 Å². The van der Waals surface area contributed by atoms with E-state index in [9.17, 15) is 9.59 Å². The average molecular weight is 163 g/mol. The molecule has 0 saturated carbocycles. The predicted octanol–water partition coefficient (Wildman–Crippen LogP) is -0.805. The van der Waals surface area contributed by atoms with Crippen LogP contribution in [0.2, 0.25) is 0 Å². The quantitative estimate of drug-likeness (QED) is 0.369. The zero-order valence-electron chi connectivity index (χ0n) is 5.69. The summed E-state index contributed by atoms with van der Waals surface area (Å²) in [6, 6.07) is -1.07. The Kier molecular flexibility index (Phi) is 4.16. The molecule has 11 heavy (non-hydrogen) atoms. The molecule has 4 N–H and O–H groups in total. The summed E-state index contributed by atoms with van der Waals surface area (Å²) in [6.07, 6.45) is -0.273. The molecule has 0 spiro atoms. The minimum atomic E-state index is -1.07. The molecule has 0 saturated heterocycles. The van der Waals surface area contributed by atoms with Gasteiger partial charge in [-0.1, -0.05) is 0 Å². The molecule has 0 rings (SSSR count). The standard InChI is InChI=1S/C5H9NO5/c6-3(5(9)11-10)1-2-4(7)8/h3,10H,1-2,6H2,(H,7,8)/t3-/m1/s1. The molecular weight excluding hydrogens is 154 g/mol. The summed E-state index contributed by atoms with van der Waals surface area (Å²) in [5.74, 6) is -2.07. The van der Waals surface area contributed by atoms with Crippen molar-refractivity contribution < 1.29 is 24.8 Å². The van der Waals surface area contributed by atoms with E-state index >= 15 is 0 Å². The van der Waals surface area contributed by atoms with Crippen LogP contribution in [0.25, 0.3) is 0 Å². The summed E-state index contributed by atoms with van der Waals surface area (Å²) in [4.78, 5) is 23.6. The van der Waals surface area contributed by atoms with E-state index in [2.05, 4.69) is 4.89 Å². The van der Waals surface area contributed by atoms with Crippen LogP contribution < -0.4 is 5.73 Å². The van der Waals surface area contributed by atoms with Crippen molar-refractivity contribution in [2.75, 3.05) is 0 Å². The highest BCUT2D eigenvalue weighted by molar-refractivity contribution is 5.76. The topological polar surface area (TPSA) is 110 Å². The van der Waals surface area contributed by atoms with Gasteiger partial charge in [-0.05, 0) is 6.42 Å². The highest BCUT2D eigenvalue weighted by Gasteiger charge is 2.15. The van der Waals surface area contributed by atoms with Gasteiger partial charge < -0.3 is 10.8 Å². The van der Waals surface area contributed by atoms with Gasteiger partial charge in [0.05, 0.1) is 0 Å². The molecule has 0 unspecified atom stereocenters. The normalized spacial score (nSPS) is 12.2. The number of aliphatic carboxylic acids is 1. The maximum Gasteiger partial charge on any atom is 0.358 e. The van der Waals surface area contributed by atoms with Crippen LogP contribution in [-0.4, -0.2) is 28.3 Å². The third kappa shape index (κ3) is 4.29. The van der Waals surface area contributed by atoms with Gasteiger partial charge in [-0.2, -0.15) is 5.26 Å². The number of carboxylic acid groups (broad SMARTS) is 1. The fraction of sp³-hybridized carbons (Fsp3) is 0.600. The molecule has 0 amide bonds. The number of hydrogen-bond acceptors (Lipinski definition) is 5. The summed E-state index contributed by atoms with van der Waals surface area (Å²) in [6.45, 7) is 0. The zero-order valence-corrected chi connectivity index (χ0v) is 5.69. The number of nitrogens with two attached hydrogens (primary N) is 1. The van der Waals surface area contributed by atoms with Crippen molar-refractivity contribution in [3.63, 3.8) is 0 Å².